The first kappa shape index (κ1) is 9.47. The van der Waals surface area contributed by atoms with E-state index in [-0.39, 0.29) is 5.37 Å². The maximum absolute atomic E-state index is 11.0. The Balaban J connectivity index is 2.67. The van der Waals surface area contributed by atoms with Crippen LogP contribution in [0.3, 0.4) is 0 Å². The van der Waals surface area contributed by atoms with Gasteiger partial charge in [0.15, 0.2) is 0 Å². The van der Waals surface area contributed by atoms with Crippen LogP contribution in [-0.2, 0) is 9.59 Å². The van der Waals surface area contributed by atoms with Gasteiger partial charge in [-0.05, 0) is 0 Å². The zero-order valence-electron chi connectivity index (χ0n) is 6.10. The average molecular weight is 205 g/mol. The van der Waals surface area contributed by atoms with Gasteiger partial charge < -0.3 is 10.0 Å². The minimum atomic E-state index is -1.42. The minimum absolute atomic E-state index is 0.247. The van der Waals surface area contributed by atoms with Crippen LogP contribution in [0.4, 0.5) is 0 Å². The lowest BCUT2D eigenvalue weighted by Crippen LogP contribution is -2.39. The second-order valence-electron chi connectivity index (χ2n) is 2.20. The van der Waals surface area contributed by atoms with Crippen molar-refractivity contribution in [2.75, 3.05) is 12.3 Å². The van der Waals surface area contributed by atoms with Crippen LogP contribution in [0.2, 0.25) is 0 Å². The second-order valence-corrected chi connectivity index (χ2v) is 3.70. The molecule has 1 N–H and O–H groups in total. The van der Waals surface area contributed by atoms with Gasteiger partial charge in [-0.1, -0.05) is 12.2 Å². The summed E-state index contributed by atoms with van der Waals surface area (Å²) in [7, 11) is 0. The van der Waals surface area contributed by atoms with Crippen LogP contribution < -0.4 is 0 Å². The third kappa shape index (κ3) is 1.75. The molecule has 1 heterocycles. The largest absolute Gasteiger partial charge is 0.474 e. The van der Waals surface area contributed by atoms with E-state index in [4.69, 9.17) is 5.11 Å². The molecule has 6 heteroatoms. The zero-order chi connectivity index (χ0) is 9.14. The maximum Gasteiger partial charge on any atom is 0.394 e. The van der Waals surface area contributed by atoms with Crippen molar-refractivity contribution >= 4 is 41.2 Å². The van der Waals surface area contributed by atoms with E-state index < -0.39 is 11.9 Å². The topological polar surface area (TPSA) is 57.6 Å². The van der Waals surface area contributed by atoms with Crippen molar-refractivity contribution < 1.29 is 14.7 Å². The monoisotopic (exact) mass is 205 g/mol. The molecular weight excluding hydrogens is 198 g/mol. The second kappa shape index (κ2) is 3.86. The smallest absolute Gasteiger partial charge is 0.394 e. The van der Waals surface area contributed by atoms with Crippen LogP contribution in [0.5, 0.6) is 0 Å². The normalized spacial score (nSPS) is 22.3. The number of aliphatic carboxylic acids is 1. The van der Waals surface area contributed by atoms with Crippen LogP contribution in [0.1, 0.15) is 0 Å². The fourth-order valence-electron chi connectivity index (χ4n) is 0.942. The molecule has 0 aromatic carbocycles. The quantitative estimate of drug-likeness (QED) is 0.481. The molecule has 0 aromatic heterocycles. The summed E-state index contributed by atoms with van der Waals surface area (Å²) in [6, 6.07) is 0. The van der Waals surface area contributed by atoms with Gasteiger partial charge in [-0.2, -0.15) is 0 Å². The number of amides is 1. The lowest BCUT2D eigenvalue weighted by atomic mass is 10.4. The molecule has 0 spiro atoms. The Kier molecular flexibility index (Phi) is 3.05. The Morgan fingerprint density at radius 1 is 1.67 bits per heavy atom. The number of carboxylic acids is 1. The van der Waals surface area contributed by atoms with Crippen molar-refractivity contribution in [3.8, 4) is 0 Å². The first-order valence-corrected chi connectivity index (χ1v) is 4.79. The van der Waals surface area contributed by atoms with Crippen molar-refractivity contribution in [1.29, 1.82) is 0 Å². The summed E-state index contributed by atoms with van der Waals surface area (Å²) in [6.45, 7) is 0.466. The van der Waals surface area contributed by atoms with Gasteiger partial charge in [-0.15, -0.1) is 11.8 Å². The number of thiocarbonyl (C=S) groups is 1. The van der Waals surface area contributed by atoms with E-state index in [2.05, 4.69) is 12.2 Å². The van der Waals surface area contributed by atoms with Gasteiger partial charge in [-0.3, -0.25) is 4.79 Å². The van der Waals surface area contributed by atoms with Crippen LogP contribution in [0.15, 0.2) is 0 Å². The molecule has 4 nitrogen and oxygen atoms in total. The highest BCUT2D eigenvalue weighted by atomic mass is 32.2. The fourth-order valence-corrected chi connectivity index (χ4v) is 2.33. The molecule has 1 rings (SSSR count). The molecular formula is C6H7NO3S2. The number of nitrogens with zero attached hydrogens (tertiary/aromatic N) is 1. The molecule has 0 aliphatic carbocycles. The fraction of sp³-hybridized carbons (Fsp3) is 0.500. The Morgan fingerprint density at radius 3 is 2.83 bits per heavy atom. The molecule has 1 aliphatic heterocycles. The predicted octanol–water partition coefficient (Wildman–Crippen LogP) is -0.0278. The SMILES string of the molecule is O=C(O)C(=O)N1CCSC1C=S. The van der Waals surface area contributed by atoms with E-state index in [0.29, 0.717) is 6.54 Å². The van der Waals surface area contributed by atoms with Gasteiger partial charge in [0.2, 0.25) is 0 Å². The van der Waals surface area contributed by atoms with Crippen molar-refractivity contribution in [2.24, 2.45) is 0 Å². The number of thioether (sulfide) groups is 1. The summed E-state index contributed by atoms with van der Waals surface area (Å²) >= 11 is 6.14. The van der Waals surface area contributed by atoms with Crippen LogP contribution in [-0.4, -0.2) is 44.9 Å². The molecule has 12 heavy (non-hydrogen) atoms. The molecule has 0 aromatic rings. The van der Waals surface area contributed by atoms with Gasteiger partial charge in [0.25, 0.3) is 0 Å². The number of carbonyl (C=O) groups is 2. The molecule has 0 saturated carbocycles. The molecule has 66 valence electrons. The van der Waals surface area contributed by atoms with Crippen LogP contribution >= 0.6 is 24.0 Å². The summed E-state index contributed by atoms with van der Waals surface area (Å²) in [5, 5.41) is 9.58. The molecule has 1 fully saturated rings. The first-order chi connectivity index (χ1) is 5.66. The van der Waals surface area contributed by atoms with Crippen molar-refractivity contribution in [3.05, 3.63) is 0 Å². The van der Waals surface area contributed by atoms with E-state index in [1.165, 1.54) is 22.0 Å². The first-order valence-electron chi connectivity index (χ1n) is 3.27. The Morgan fingerprint density at radius 2 is 2.33 bits per heavy atom. The molecule has 1 atom stereocenters. The number of hydrogen-bond acceptors (Lipinski definition) is 4. The highest BCUT2D eigenvalue weighted by Crippen LogP contribution is 2.21. The third-order valence-electron chi connectivity index (χ3n) is 1.49. The van der Waals surface area contributed by atoms with Gasteiger partial charge in [0.05, 0.1) is 0 Å². The van der Waals surface area contributed by atoms with Gasteiger partial charge >= 0.3 is 11.9 Å². The van der Waals surface area contributed by atoms with E-state index in [1.807, 2.05) is 0 Å². The summed E-state index contributed by atoms with van der Waals surface area (Å²) in [5.41, 5.74) is 0. The number of hydrogen-bond donors (Lipinski definition) is 1. The summed E-state index contributed by atoms with van der Waals surface area (Å²) in [4.78, 5) is 22.5. The third-order valence-corrected chi connectivity index (χ3v) is 3.07. The molecule has 1 unspecified atom stereocenters. The van der Waals surface area contributed by atoms with Gasteiger partial charge in [0.1, 0.15) is 5.37 Å². The molecule has 1 aliphatic rings. The summed E-state index contributed by atoms with van der Waals surface area (Å²) in [6.07, 6.45) is 0. The summed E-state index contributed by atoms with van der Waals surface area (Å²) < 4.78 is 0. The van der Waals surface area contributed by atoms with Crippen molar-refractivity contribution in [1.82, 2.24) is 4.90 Å². The van der Waals surface area contributed by atoms with Crippen molar-refractivity contribution in [3.63, 3.8) is 0 Å². The number of rotatable bonds is 1. The summed E-state index contributed by atoms with van der Waals surface area (Å²) in [5.74, 6) is -1.54. The Labute approximate surface area is 78.9 Å². The van der Waals surface area contributed by atoms with Crippen molar-refractivity contribution in [2.45, 2.75) is 5.37 Å². The zero-order valence-corrected chi connectivity index (χ0v) is 7.73. The Hall–Kier alpha value is -0.620. The van der Waals surface area contributed by atoms with Gasteiger partial charge in [-0.25, -0.2) is 4.79 Å². The highest BCUT2D eigenvalue weighted by Gasteiger charge is 2.31. The minimum Gasteiger partial charge on any atom is -0.474 e. The lowest BCUT2D eigenvalue weighted by Gasteiger charge is -2.17. The highest BCUT2D eigenvalue weighted by molar-refractivity contribution is 8.01. The van der Waals surface area contributed by atoms with E-state index in [0.717, 1.165) is 5.75 Å². The number of carboxylic acid groups (broad SMARTS) is 1. The van der Waals surface area contributed by atoms with Gasteiger partial charge in [0, 0.05) is 17.7 Å². The molecule has 1 amide bonds. The van der Waals surface area contributed by atoms with E-state index in [1.54, 1.807) is 0 Å². The molecule has 0 radical (unpaired) electrons. The number of carbonyl (C=O) groups excluding carboxylic acids is 1. The van der Waals surface area contributed by atoms with Crippen LogP contribution in [0.25, 0.3) is 0 Å². The molecule has 1 saturated heterocycles. The standard InChI is InChI=1S/C6H7NO3S2/c8-5(6(9)10)7-1-2-12-4(7)3-11/h3-4H,1-2H2,(H,9,10). The van der Waals surface area contributed by atoms with E-state index >= 15 is 0 Å². The lowest BCUT2D eigenvalue weighted by molar-refractivity contribution is -0.155. The molecule has 0 bridgehead atoms. The predicted molar refractivity (Wildman–Crippen MR) is 49.2 cm³/mol. The van der Waals surface area contributed by atoms with E-state index in [9.17, 15) is 9.59 Å². The maximum atomic E-state index is 11.0. The Bertz CT molecular complexity index is 231. The van der Waals surface area contributed by atoms with Crippen LogP contribution in [0, 0.1) is 0 Å². The average Bonchev–Trinajstić information content (AvgIpc) is 2.49.